The third-order valence-corrected chi connectivity index (χ3v) is 5.44. The van der Waals surface area contributed by atoms with Crippen molar-refractivity contribution in [1.82, 2.24) is 9.88 Å². The summed E-state index contributed by atoms with van der Waals surface area (Å²) in [6, 6.07) is 1.77. The standard InChI is InChI=1S/C17H20N2O4S/c1-11-18-13(10-24-11)9-23-15-7-19(14-3-2-5-22-16(14)15)17(20)12-4-6-21-8-12/h4,6,8,10,14-16H,2-3,5,7,9H2,1H3/t14-,15-,16+/m1/s1. The van der Waals surface area contributed by atoms with Crippen LogP contribution in [0.1, 0.15) is 33.9 Å². The zero-order valence-corrected chi connectivity index (χ0v) is 14.3. The Morgan fingerprint density at radius 1 is 1.54 bits per heavy atom. The molecule has 24 heavy (non-hydrogen) atoms. The summed E-state index contributed by atoms with van der Waals surface area (Å²) in [7, 11) is 0. The second-order valence-corrected chi connectivity index (χ2v) is 7.28. The molecule has 7 heteroatoms. The van der Waals surface area contributed by atoms with Gasteiger partial charge >= 0.3 is 0 Å². The molecule has 4 rings (SSSR count). The molecule has 0 saturated carbocycles. The maximum atomic E-state index is 12.7. The lowest BCUT2D eigenvalue weighted by Gasteiger charge is -2.32. The number of rotatable bonds is 4. The molecule has 0 aromatic carbocycles. The van der Waals surface area contributed by atoms with Gasteiger partial charge in [0.1, 0.15) is 18.5 Å². The summed E-state index contributed by atoms with van der Waals surface area (Å²) in [4.78, 5) is 19.0. The first kappa shape index (κ1) is 15.8. The summed E-state index contributed by atoms with van der Waals surface area (Å²) in [6.07, 6.45) is 4.75. The van der Waals surface area contributed by atoms with Crippen LogP contribution in [-0.4, -0.2) is 47.2 Å². The Morgan fingerprint density at radius 3 is 3.21 bits per heavy atom. The fraction of sp³-hybridized carbons (Fsp3) is 0.529. The maximum absolute atomic E-state index is 12.7. The van der Waals surface area contributed by atoms with Crippen molar-refractivity contribution in [3.8, 4) is 0 Å². The zero-order valence-electron chi connectivity index (χ0n) is 13.5. The van der Waals surface area contributed by atoms with Crippen LogP contribution in [0.25, 0.3) is 0 Å². The summed E-state index contributed by atoms with van der Waals surface area (Å²) in [6.45, 7) is 3.71. The number of fused-ring (bicyclic) bond motifs is 1. The van der Waals surface area contributed by atoms with Gasteiger partial charge in [0.15, 0.2) is 0 Å². The fourth-order valence-corrected chi connectivity index (χ4v) is 4.11. The largest absolute Gasteiger partial charge is 0.472 e. The highest BCUT2D eigenvalue weighted by Gasteiger charge is 2.47. The van der Waals surface area contributed by atoms with Crippen molar-refractivity contribution in [2.45, 2.75) is 44.6 Å². The molecule has 1 amide bonds. The van der Waals surface area contributed by atoms with E-state index in [-0.39, 0.29) is 24.2 Å². The van der Waals surface area contributed by atoms with E-state index in [1.54, 1.807) is 17.4 Å². The van der Waals surface area contributed by atoms with Gasteiger partial charge in [0, 0.05) is 12.0 Å². The second kappa shape index (κ2) is 6.66. The number of aryl methyl sites for hydroxylation is 1. The normalized spacial score (nSPS) is 26.5. The van der Waals surface area contributed by atoms with Crippen LogP contribution >= 0.6 is 11.3 Å². The fourth-order valence-electron chi connectivity index (χ4n) is 3.51. The van der Waals surface area contributed by atoms with Crippen molar-refractivity contribution < 1.29 is 18.7 Å². The van der Waals surface area contributed by atoms with Crippen LogP contribution in [0.3, 0.4) is 0 Å². The van der Waals surface area contributed by atoms with Crippen LogP contribution in [0.5, 0.6) is 0 Å². The number of hydrogen-bond donors (Lipinski definition) is 0. The highest BCUT2D eigenvalue weighted by atomic mass is 32.1. The monoisotopic (exact) mass is 348 g/mol. The minimum absolute atomic E-state index is 0.0140. The molecule has 2 aliphatic rings. The van der Waals surface area contributed by atoms with Crippen molar-refractivity contribution >= 4 is 17.2 Å². The summed E-state index contributed by atoms with van der Waals surface area (Å²) in [5.74, 6) is -0.0140. The van der Waals surface area contributed by atoms with E-state index in [0.29, 0.717) is 18.7 Å². The van der Waals surface area contributed by atoms with Gasteiger partial charge < -0.3 is 18.8 Å². The molecule has 128 valence electrons. The number of likely N-dealkylation sites (tertiary alicyclic amines) is 1. The molecule has 0 unspecified atom stereocenters. The van der Waals surface area contributed by atoms with E-state index in [2.05, 4.69) is 4.98 Å². The quantitative estimate of drug-likeness (QED) is 0.850. The van der Waals surface area contributed by atoms with Gasteiger partial charge in [0.05, 0.1) is 41.7 Å². The van der Waals surface area contributed by atoms with Gasteiger partial charge in [-0.25, -0.2) is 4.98 Å². The predicted molar refractivity (Wildman–Crippen MR) is 87.9 cm³/mol. The zero-order chi connectivity index (χ0) is 16.5. The SMILES string of the molecule is Cc1nc(CO[C@@H]2CN(C(=O)c3ccoc3)[C@@H]3CCCO[C@@H]32)cs1. The molecule has 0 N–H and O–H groups in total. The number of aromatic nitrogens is 1. The molecular formula is C17H20N2O4S. The maximum Gasteiger partial charge on any atom is 0.257 e. The third kappa shape index (κ3) is 2.99. The molecule has 0 radical (unpaired) electrons. The molecule has 3 atom stereocenters. The number of carbonyl (C=O) groups excluding carboxylic acids is 1. The Kier molecular flexibility index (Phi) is 4.39. The molecule has 2 fully saturated rings. The number of hydrogen-bond acceptors (Lipinski definition) is 6. The highest BCUT2D eigenvalue weighted by Crippen LogP contribution is 2.32. The van der Waals surface area contributed by atoms with Crippen LogP contribution in [-0.2, 0) is 16.1 Å². The van der Waals surface area contributed by atoms with E-state index in [0.717, 1.165) is 30.2 Å². The Labute approximate surface area is 144 Å². The van der Waals surface area contributed by atoms with Gasteiger partial charge in [0.2, 0.25) is 0 Å². The summed E-state index contributed by atoms with van der Waals surface area (Å²) in [5.41, 5.74) is 1.51. The van der Waals surface area contributed by atoms with Crippen molar-refractivity contribution in [2.24, 2.45) is 0 Å². The van der Waals surface area contributed by atoms with Gasteiger partial charge in [0.25, 0.3) is 5.91 Å². The van der Waals surface area contributed by atoms with Gasteiger partial charge in [-0.2, -0.15) is 0 Å². The van der Waals surface area contributed by atoms with E-state index in [1.165, 1.54) is 12.5 Å². The molecule has 4 heterocycles. The van der Waals surface area contributed by atoms with Gasteiger partial charge in [-0.05, 0) is 25.8 Å². The van der Waals surface area contributed by atoms with Crippen molar-refractivity contribution in [2.75, 3.05) is 13.2 Å². The number of thiazole rings is 1. The van der Waals surface area contributed by atoms with Gasteiger partial charge in [-0.1, -0.05) is 0 Å². The topological polar surface area (TPSA) is 64.8 Å². The van der Waals surface area contributed by atoms with E-state index in [1.807, 2.05) is 17.2 Å². The van der Waals surface area contributed by atoms with E-state index >= 15 is 0 Å². The minimum Gasteiger partial charge on any atom is -0.472 e. The summed E-state index contributed by atoms with van der Waals surface area (Å²) < 4.78 is 17.1. The number of carbonyl (C=O) groups is 1. The molecule has 2 aromatic heterocycles. The third-order valence-electron chi connectivity index (χ3n) is 4.62. The van der Waals surface area contributed by atoms with Gasteiger partial charge in [-0.15, -0.1) is 11.3 Å². The van der Waals surface area contributed by atoms with Crippen LogP contribution < -0.4 is 0 Å². The molecule has 2 aliphatic heterocycles. The van der Waals surface area contributed by atoms with Crippen molar-refractivity contribution in [3.63, 3.8) is 0 Å². The Morgan fingerprint density at radius 2 is 2.46 bits per heavy atom. The molecule has 0 spiro atoms. The van der Waals surface area contributed by atoms with Crippen molar-refractivity contribution in [1.29, 1.82) is 0 Å². The lowest BCUT2D eigenvalue weighted by molar-refractivity contribution is -0.0814. The molecule has 2 saturated heterocycles. The van der Waals surface area contributed by atoms with E-state index < -0.39 is 0 Å². The number of nitrogens with zero attached hydrogens (tertiary/aromatic N) is 2. The Balaban J connectivity index is 1.47. The molecule has 0 bridgehead atoms. The smallest absolute Gasteiger partial charge is 0.257 e. The van der Waals surface area contributed by atoms with Crippen LogP contribution in [0.15, 0.2) is 28.4 Å². The van der Waals surface area contributed by atoms with Crippen molar-refractivity contribution in [3.05, 3.63) is 40.2 Å². The molecular weight excluding hydrogens is 328 g/mol. The average Bonchev–Trinajstić information content (AvgIpc) is 3.32. The summed E-state index contributed by atoms with van der Waals surface area (Å²) >= 11 is 1.62. The Hall–Kier alpha value is -1.70. The predicted octanol–water partition coefficient (Wildman–Crippen LogP) is 2.63. The molecule has 0 aliphatic carbocycles. The van der Waals surface area contributed by atoms with Crippen LogP contribution in [0, 0.1) is 6.92 Å². The summed E-state index contributed by atoms with van der Waals surface area (Å²) in [5, 5.41) is 3.04. The first-order valence-corrected chi connectivity index (χ1v) is 9.08. The number of amides is 1. The first-order valence-electron chi connectivity index (χ1n) is 8.20. The number of ether oxygens (including phenoxy) is 2. The van der Waals surface area contributed by atoms with E-state index in [4.69, 9.17) is 13.9 Å². The lowest BCUT2D eigenvalue weighted by atomic mass is 10.0. The molecule has 2 aromatic rings. The van der Waals surface area contributed by atoms with E-state index in [9.17, 15) is 4.79 Å². The number of furan rings is 1. The lowest BCUT2D eigenvalue weighted by Crippen LogP contribution is -2.43. The minimum atomic E-state index is -0.117. The van der Waals surface area contributed by atoms with Gasteiger partial charge in [-0.3, -0.25) is 4.79 Å². The highest BCUT2D eigenvalue weighted by molar-refractivity contribution is 7.09. The van der Waals surface area contributed by atoms with Crippen LogP contribution in [0.4, 0.5) is 0 Å². The molecule has 6 nitrogen and oxygen atoms in total. The van der Waals surface area contributed by atoms with Crippen LogP contribution in [0.2, 0.25) is 0 Å². The average molecular weight is 348 g/mol. The Bertz CT molecular complexity index is 699. The first-order chi connectivity index (χ1) is 11.7. The second-order valence-electron chi connectivity index (χ2n) is 6.22.